The third-order valence-electron chi connectivity index (χ3n) is 6.25. The molecule has 0 aliphatic rings. The Morgan fingerprint density at radius 1 is 0.818 bits per heavy atom. The van der Waals surface area contributed by atoms with Crippen molar-refractivity contribution in [1.82, 2.24) is 0 Å². The fourth-order valence-corrected chi connectivity index (χ4v) is 4.46. The lowest BCUT2D eigenvalue weighted by molar-refractivity contribution is -0.111. The van der Waals surface area contributed by atoms with Gasteiger partial charge < -0.3 is 9.90 Å². The molecule has 0 radical (unpaired) electrons. The van der Waals surface area contributed by atoms with E-state index < -0.39 is 0 Å². The van der Waals surface area contributed by atoms with Crippen molar-refractivity contribution in [3.8, 4) is 5.75 Å². The van der Waals surface area contributed by atoms with Crippen LogP contribution in [0, 0.1) is 11.7 Å². The number of carbonyl (C=O) groups excluding carboxylic acids is 1. The van der Waals surface area contributed by atoms with Crippen LogP contribution in [0.2, 0.25) is 0 Å². The first-order valence-corrected chi connectivity index (χ1v) is 11.5. The van der Waals surface area contributed by atoms with Crippen LogP contribution in [0.5, 0.6) is 5.75 Å². The summed E-state index contributed by atoms with van der Waals surface area (Å²) in [5.41, 5.74) is 4.18. The van der Waals surface area contributed by atoms with Crippen molar-refractivity contribution in [2.45, 2.75) is 64.7 Å². The van der Waals surface area contributed by atoms with Gasteiger partial charge in [-0.25, -0.2) is 4.39 Å². The number of carbonyl (C=O) groups is 1. The maximum absolute atomic E-state index is 13.5. The fraction of sp³-hybridized carbons (Fsp3) is 0.367. The average molecular weight is 447 g/mol. The van der Waals surface area contributed by atoms with E-state index in [0.29, 0.717) is 12.2 Å². The number of phenolic OH excluding ortho intramolecular Hbond substituents is 1. The van der Waals surface area contributed by atoms with Gasteiger partial charge in [0.2, 0.25) is 0 Å². The first kappa shape index (κ1) is 24.7. The minimum atomic E-state index is -0.344. The van der Waals surface area contributed by atoms with Crippen LogP contribution in [0.1, 0.15) is 75.3 Å². The highest BCUT2D eigenvalue weighted by Crippen LogP contribution is 2.43. The average Bonchev–Trinajstić information content (AvgIpc) is 2.74. The first-order chi connectivity index (χ1) is 15.4. The van der Waals surface area contributed by atoms with E-state index in [1.54, 1.807) is 12.1 Å². The van der Waals surface area contributed by atoms with Crippen LogP contribution in [0.25, 0.3) is 0 Å². The molecule has 0 bridgehead atoms. The van der Waals surface area contributed by atoms with Gasteiger partial charge >= 0.3 is 0 Å². The number of hydrogen-bond acceptors (Lipinski definition) is 2. The Kier molecular flexibility index (Phi) is 7.11. The van der Waals surface area contributed by atoms with Gasteiger partial charge in [0, 0.05) is 11.8 Å². The van der Waals surface area contributed by atoms with E-state index >= 15 is 0 Å². The van der Waals surface area contributed by atoms with Gasteiger partial charge in [-0.2, -0.15) is 0 Å². The van der Waals surface area contributed by atoms with Crippen LogP contribution in [-0.2, 0) is 22.0 Å². The number of halogens is 1. The van der Waals surface area contributed by atoms with E-state index in [0.717, 1.165) is 34.1 Å². The lowest BCUT2D eigenvalue weighted by Gasteiger charge is -2.31. The molecule has 0 heterocycles. The molecule has 3 aromatic rings. The zero-order chi connectivity index (χ0) is 24.4. The molecule has 3 rings (SSSR count). The van der Waals surface area contributed by atoms with E-state index in [9.17, 15) is 14.3 Å². The number of benzene rings is 3. The molecule has 0 aliphatic carbocycles. The van der Waals surface area contributed by atoms with Crippen molar-refractivity contribution in [1.29, 1.82) is 0 Å². The monoisotopic (exact) mass is 446 g/mol. The van der Waals surface area contributed by atoms with E-state index in [2.05, 4.69) is 53.7 Å². The summed E-state index contributed by atoms with van der Waals surface area (Å²) in [6.45, 7) is 12.5. The fourth-order valence-electron chi connectivity index (χ4n) is 4.46. The molecular weight excluding hydrogens is 411 g/mol. The third kappa shape index (κ3) is 5.71. The zero-order valence-corrected chi connectivity index (χ0v) is 20.5. The Bertz CT molecular complexity index is 1050. The Labute approximate surface area is 197 Å². The van der Waals surface area contributed by atoms with Gasteiger partial charge in [-0.05, 0) is 57.2 Å². The summed E-state index contributed by atoms with van der Waals surface area (Å²) in [5.74, 6) is -0.504. The lowest BCUT2D eigenvalue weighted by Crippen LogP contribution is -2.22. The molecule has 2 atom stereocenters. The highest BCUT2D eigenvalue weighted by molar-refractivity contribution is 5.61. The van der Waals surface area contributed by atoms with Crippen LogP contribution < -0.4 is 0 Å². The molecule has 0 aliphatic heterocycles. The van der Waals surface area contributed by atoms with Gasteiger partial charge in [0.15, 0.2) is 0 Å². The number of aromatic hydroxyl groups is 1. The first-order valence-electron chi connectivity index (χ1n) is 11.5. The predicted molar refractivity (Wildman–Crippen MR) is 133 cm³/mol. The van der Waals surface area contributed by atoms with Crippen LogP contribution >= 0.6 is 0 Å². The number of rotatable bonds is 6. The van der Waals surface area contributed by atoms with Gasteiger partial charge in [0.25, 0.3) is 0 Å². The van der Waals surface area contributed by atoms with Crippen molar-refractivity contribution in [2.75, 3.05) is 0 Å². The topological polar surface area (TPSA) is 37.3 Å². The van der Waals surface area contributed by atoms with E-state index in [1.165, 1.54) is 12.1 Å². The van der Waals surface area contributed by atoms with Crippen molar-refractivity contribution in [3.05, 3.63) is 100 Å². The summed E-state index contributed by atoms with van der Waals surface area (Å²) >= 11 is 0. The summed E-state index contributed by atoms with van der Waals surface area (Å²) in [4.78, 5) is 12.5. The Balaban J connectivity index is 2.22. The van der Waals surface area contributed by atoms with Gasteiger partial charge in [-0.15, -0.1) is 0 Å². The largest absolute Gasteiger partial charge is 0.507 e. The van der Waals surface area contributed by atoms with Crippen molar-refractivity contribution in [3.63, 3.8) is 0 Å². The summed E-state index contributed by atoms with van der Waals surface area (Å²) in [6.07, 6.45) is 1.52. The van der Waals surface area contributed by atoms with Crippen LogP contribution in [0.3, 0.4) is 0 Å². The summed E-state index contributed by atoms with van der Waals surface area (Å²) < 4.78 is 13.5. The molecule has 2 nitrogen and oxygen atoms in total. The Morgan fingerprint density at radius 3 is 1.79 bits per heavy atom. The minimum Gasteiger partial charge on any atom is -0.507 e. The smallest absolute Gasteiger partial charge is 0.124 e. The molecular formula is C30H35FO2. The van der Waals surface area contributed by atoms with E-state index in [1.807, 2.05) is 30.3 Å². The van der Waals surface area contributed by atoms with E-state index in [4.69, 9.17) is 0 Å². The molecule has 0 aromatic heterocycles. The Morgan fingerprint density at radius 2 is 1.33 bits per heavy atom. The lowest BCUT2D eigenvalue weighted by atomic mass is 9.73. The molecule has 0 saturated heterocycles. The molecule has 1 N–H and O–H groups in total. The highest BCUT2D eigenvalue weighted by Gasteiger charge is 2.31. The molecule has 0 spiro atoms. The predicted octanol–water partition coefficient (Wildman–Crippen LogP) is 7.32. The number of phenols is 1. The van der Waals surface area contributed by atoms with Gasteiger partial charge in [-0.3, -0.25) is 0 Å². The van der Waals surface area contributed by atoms with Crippen LogP contribution in [0.15, 0.2) is 66.7 Å². The molecule has 0 fully saturated rings. The molecule has 0 saturated carbocycles. The van der Waals surface area contributed by atoms with Crippen LogP contribution in [-0.4, -0.2) is 11.4 Å². The summed E-state index contributed by atoms with van der Waals surface area (Å²) in [7, 11) is 0. The Hall–Kier alpha value is -2.94. The SMILES string of the molecule is CC(C)(C)c1cc([C@H](c2ccccc2)[C@H](C=O)Cc2ccc(F)cc2)cc(C(C)(C)C)c1O. The highest BCUT2D eigenvalue weighted by atomic mass is 19.1. The molecule has 0 amide bonds. The van der Waals surface area contributed by atoms with Crippen LogP contribution in [0.4, 0.5) is 4.39 Å². The van der Waals surface area contributed by atoms with E-state index in [-0.39, 0.29) is 28.5 Å². The maximum atomic E-state index is 13.5. The maximum Gasteiger partial charge on any atom is 0.124 e. The second-order valence-corrected chi connectivity index (χ2v) is 11.0. The van der Waals surface area contributed by atoms with Crippen molar-refractivity contribution in [2.24, 2.45) is 5.92 Å². The quantitative estimate of drug-likeness (QED) is 0.403. The normalized spacial score (nSPS) is 14.0. The molecule has 3 heteroatoms. The van der Waals surface area contributed by atoms with Gasteiger partial charge in [0.05, 0.1) is 0 Å². The number of hydrogen-bond donors (Lipinski definition) is 1. The summed E-state index contributed by atoms with van der Waals surface area (Å²) in [6, 6.07) is 20.5. The second kappa shape index (κ2) is 9.51. The van der Waals surface area contributed by atoms with Crippen molar-refractivity contribution < 1.29 is 14.3 Å². The van der Waals surface area contributed by atoms with Crippen molar-refractivity contribution >= 4 is 6.29 Å². The second-order valence-electron chi connectivity index (χ2n) is 11.0. The third-order valence-corrected chi connectivity index (χ3v) is 6.25. The van der Waals surface area contributed by atoms with Gasteiger partial charge in [0.1, 0.15) is 17.9 Å². The van der Waals surface area contributed by atoms with Gasteiger partial charge in [-0.1, -0.05) is 96.1 Å². The standard InChI is InChI=1S/C30H35FO2/c1-29(2,3)25-17-22(18-26(28(25)33)30(4,5)6)27(21-10-8-7-9-11-21)23(19-32)16-20-12-14-24(31)15-13-20/h7-15,17-19,23,27,33H,16H2,1-6H3/t23-,27-/m0/s1. The molecule has 174 valence electrons. The minimum absolute atomic E-state index is 0.198. The molecule has 33 heavy (non-hydrogen) atoms. The summed E-state index contributed by atoms with van der Waals surface area (Å²) in [5, 5.41) is 11.2. The number of aldehydes is 1. The molecule has 0 unspecified atom stereocenters. The zero-order valence-electron chi connectivity index (χ0n) is 20.5. The molecule has 3 aromatic carbocycles.